The molecular weight excluding hydrogens is 376 g/mol. The number of nitro benzene ring substituents is 1. The summed E-state index contributed by atoms with van der Waals surface area (Å²) in [6.07, 6.45) is 1.30. The van der Waals surface area contributed by atoms with E-state index in [4.69, 9.17) is 5.26 Å². The molecule has 0 bridgehead atoms. The maximum Gasteiger partial charge on any atom is 0.269 e. The highest BCUT2D eigenvalue weighted by Gasteiger charge is 2.10. The Bertz CT molecular complexity index is 824. The molecule has 0 spiro atoms. The summed E-state index contributed by atoms with van der Waals surface area (Å²) in [6.45, 7) is 0. The van der Waals surface area contributed by atoms with Crippen LogP contribution in [0.1, 0.15) is 0 Å². The number of amides is 1. The Morgan fingerprint density at radius 3 is 2.25 bits per heavy atom. The number of nitriles is 1. The minimum atomic E-state index is -0.615. The van der Waals surface area contributed by atoms with Crippen molar-refractivity contribution in [3.63, 3.8) is 0 Å². The number of anilines is 2. The molecule has 1 amide bonds. The van der Waals surface area contributed by atoms with Crippen molar-refractivity contribution in [2.45, 2.75) is 0 Å². The molecule has 0 aliphatic carbocycles. The van der Waals surface area contributed by atoms with Gasteiger partial charge in [0.2, 0.25) is 0 Å². The molecule has 120 valence electrons. The quantitative estimate of drug-likeness (QED) is 0.351. The number of nitrogens with one attached hydrogen (secondary N) is 2. The molecule has 2 rings (SSSR count). The molecule has 0 fully saturated rings. The fraction of sp³-hybridized carbons (Fsp3) is 0. The van der Waals surface area contributed by atoms with Crippen LogP contribution in [0.25, 0.3) is 0 Å². The first-order valence-corrected chi connectivity index (χ1v) is 7.47. The highest BCUT2D eigenvalue weighted by Crippen LogP contribution is 2.17. The minimum absolute atomic E-state index is 0.0825. The van der Waals surface area contributed by atoms with Gasteiger partial charge < -0.3 is 10.6 Å². The predicted molar refractivity (Wildman–Crippen MR) is 93.2 cm³/mol. The second-order valence-electron chi connectivity index (χ2n) is 4.58. The SMILES string of the molecule is N#C/C(=C/Nc1ccc(Br)cc1)C(=O)Nc1ccc([N+](=O)[O-])cc1. The number of carbonyl (C=O) groups is 1. The van der Waals surface area contributed by atoms with Crippen molar-refractivity contribution >= 4 is 38.9 Å². The molecule has 0 saturated heterocycles. The highest BCUT2D eigenvalue weighted by atomic mass is 79.9. The minimum Gasteiger partial charge on any atom is -0.360 e. The largest absolute Gasteiger partial charge is 0.360 e. The zero-order valence-electron chi connectivity index (χ0n) is 12.2. The van der Waals surface area contributed by atoms with E-state index in [0.29, 0.717) is 11.4 Å². The van der Waals surface area contributed by atoms with Gasteiger partial charge in [-0.25, -0.2) is 0 Å². The topological polar surface area (TPSA) is 108 Å². The molecule has 2 N–H and O–H groups in total. The highest BCUT2D eigenvalue weighted by molar-refractivity contribution is 9.10. The lowest BCUT2D eigenvalue weighted by Gasteiger charge is -2.05. The first-order valence-electron chi connectivity index (χ1n) is 6.68. The van der Waals surface area contributed by atoms with Gasteiger partial charge in [0.25, 0.3) is 11.6 Å². The third-order valence-electron chi connectivity index (χ3n) is 2.93. The van der Waals surface area contributed by atoms with Crippen LogP contribution in [-0.4, -0.2) is 10.8 Å². The van der Waals surface area contributed by atoms with Gasteiger partial charge in [0.05, 0.1) is 4.92 Å². The van der Waals surface area contributed by atoms with Crippen molar-refractivity contribution in [3.05, 3.63) is 74.9 Å². The van der Waals surface area contributed by atoms with E-state index in [1.165, 1.54) is 30.5 Å². The van der Waals surface area contributed by atoms with Gasteiger partial charge in [0.15, 0.2) is 0 Å². The van der Waals surface area contributed by atoms with Crippen molar-refractivity contribution in [1.29, 1.82) is 5.26 Å². The Labute approximate surface area is 145 Å². The summed E-state index contributed by atoms with van der Waals surface area (Å²) < 4.78 is 0.911. The lowest BCUT2D eigenvalue weighted by molar-refractivity contribution is -0.384. The van der Waals surface area contributed by atoms with Gasteiger partial charge in [-0.15, -0.1) is 0 Å². The number of nitro groups is 1. The Balaban J connectivity index is 2.05. The Morgan fingerprint density at radius 2 is 1.71 bits per heavy atom. The van der Waals surface area contributed by atoms with Gasteiger partial charge in [-0.05, 0) is 36.4 Å². The van der Waals surface area contributed by atoms with Gasteiger partial charge in [0, 0.05) is 34.2 Å². The van der Waals surface area contributed by atoms with Gasteiger partial charge in [0.1, 0.15) is 11.6 Å². The van der Waals surface area contributed by atoms with Crippen LogP contribution in [0.15, 0.2) is 64.8 Å². The second kappa shape index (κ2) is 7.89. The summed E-state index contributed by atoms with van der Waals surface area (Å²) in [4.78, 5) is 22.1. The van der Waals surface area contributed by atoms with Crippen LogP contribution in [-0.2, 0) is 4.79 Å². The first-order chi connectivity index (χ1) is 11.5. The van der Waals surface area contributed by atoms with Crippen LogP contribution in [0.3, 0.4) is 0 Å². The number of carbonyl (C=O) groups excluding carboxylic acids is 1. The lowest BCUT2D eigenvalue weighted by Crippen LogP contribution is -2.14. The fourth-order valence-electron chi connectivity index (χ4n) is 1.72. The van der Waals surface area contributed by atoms with E-state index in [9.17, 15) is 14.9 Å². The molecule has 7 nitrogen and oxygen atoms in total. The number of benzene rings is 2. The molecule has 0 heterocycles. The molecule has 0 atom stereocenters. The van der Waals surface area contributed by atoms with Crippen LogP contribution < -0.4 is 10.6 Å². The zero-order chi connectivity index (χ0) is 17.5. The van der Waals surface area contributed by atoms with Crippen LogP contribution in [0, 0.1) is 21.4 Å². The van der Waals surface area contributed by atoms with Crippen LogP contribution in [0.4, 0.5) is 17.1 Å². The van der Waals surface area contributed by atoms with Gasteiger partial charge in [-0.2, -0.15) is 5.26 Å². The van der Waals surface area contributed by atoms with Crippen molar-refractivity contribution in [2.75, 3.05) is 10.6 Å². The van der Waals surface area contributed by atoms with Crippen molar-refractivity contribution in [1.82, 2.24) is 0 Å². The maximum absolute atomic E-state index is 12.1. The first kappa shape index (κ1) is 17.2. The number of hydrogen-bond donors (Lipinski definition) is 2. The monoisotopic (exact) mass is 386 g/mol. The number of nitrogens with zero attached hydrogens (tertiary/aromatic N) is 2. The molecule has 2 aromatic rings. The van der Waals surface area contributed by atoms with Crippen molar-refractivity contribution in [2.24, 2.45) is 0 Å². The summed E-state index contributed by atoms with van der Waals surface area (Å²) in [5.41, 5.74) is 0.863. The molecule has 0 aromatic heterocycles. The van der Waals surface area contributed by atoms with Crippen molar-refractivity contribution in [3.8, 4) is 6.07 Å². The summed E-state index contributed by atoms with van der Waals surface area (Å²) in [6, 6.07) is 14.3. The van der Waals surface area contributed by atoms with Crippen LogP contribution in [0.2, 0.25) is 0 Å². The van der Waals surface area contributed by atoms with E-state index >= 15 is 0 Å². The van der Waals surface area contributed by atoms with Crippen molar-refractivity contribution < 1.29 is 9.72 Å². The molecule has 0 unspecified atom stereocenters. The van der Waals surface area contributed by atoms with E-state index < -0.39 is 10.8 Å². The van der Waals surface area contributed by atoms with Crippen LogP contribution in [0.5, 0.6) is 0 Å². The smallest absolute Gasteiger partial charge is 0.269 e. The van der Waals surface area contributed by atoms with Gasteiger partial charge in [-0.1, -0.05) is 15.9 Å². The molecule has 2 aromatic carbocycles. The van der Waals surface area contributed by atoms with E-state index in [1.807, 2.05) is 12.1 Å². The average Bonchev–Trinajstić information content (AvgIpc) is 2.57. The summed E-state index contributed by atoms with van der Waals surface area (Å²) in [5, 5.41) is 25.0. The number of halogens is 1. The second-order valence-corrected chi connectivity index (χ2v) is 5.49. The normalized spacial score (nSPS) is 10.6. The van der Waals surface area contributed by atoms with E-state index in [-0.39, 0.29) is 11.3 Å². The van der Waals surface area contributed by atoms with Gasteiger partial charge >= 0.3 is 0 Å². The zero-order valence-corrected chi connectivity index (χ0v) is 13.8. The fourth-order valence-corrected chi connectivity index (χ4v) is 1.98. The molecule has 8 heteroatoms. The number of non-ortho nitro benzene ring substituents is 1. The maximum atomic E-state index is 12.1. The van der Waals surface area contributed by atoms with Crippen LogP contribution >= 0.6 is 15.9 Å². The number of hydrogen-bond acceptors (Lipinski definition) is 5. The summed E-state index contributed by atoms with van der Waals surface area (Å²) >= 11 is 3.31. The van der Waals surface area contributed by atoms with E-state index in [2.05, 4.69) is 26.6 Å². The molecule has 0 aliphatic rings. The molecule has 0 radical (unpaired) electrons. The molecule has 0 aliphatic heterocycles. The third kappa shape index (κ3) is 4.66. The third-order valence-corrected chi connectivity index (χ3v) is 3.46. The number of rotatable bonds is 5. The van der Waals surface area contributed by atoms with Gasteiger partial charge in [-0.3, -0.25) is 14.9 Å². The lowest BCUT2D eigenvalue weighted by atomic mass is 10.2. The Hall–Kier alpha value is -3.18. The molecule has 24 heavy (non-hydrogen) atoms. The summed E-state index contributed by atoms with van der Waals surface area (Å²) in [5.74, 6) is -0.615. The average molecular weight is 387 g/mol. The predicted octanol–water partition coefficient (Wildman–Crippen LogP) is 3.82. The van der Waals surface area contributed by atoms with E-state index in [1.54, 1.807) is 18.2 Å². The standard InChI is InChI=1S/C16H11BrN4O3/c17-12-1-3-13(4-2-12)19-10-11(9-18)16(22)20-14-5-7-15(8-6-14)21(23)24/h1-8,10,19H,(H,20,22)/b11-10-. The Kier molecular flexibility index (Phi) is 5.65. The van der Waals surface area contributed by atoms with E-state index in [0.717, 1.165) is 4.47 Å². The molecular formula is C16H11BrN4O3. The summed E-state index contributed by atoms with van der Waals surface area (Å²) in [7, 11) is 0. The Morgan fingerprint density at radius 1 is 1.12 bits per heavy atom. The molecule has 0 saturated carbocycles.